The van der Waals surface area contributed by atoms with Crippen LogP contribution in [0.15, 0.2) is 46.9 Å². The molecule has 1 amide bonds. The molecule has 0 bridgehead atoms. The Hall–Kier alpha value is -2.77. The summed E-state index contributed by atoms with van der Waals surface area (Å²) in [4.78, 5) is 32.2. The van der Waals surface area contributed by atoms with Crippen molar-refractivity contribution in [3.05, 3.63) is 47.6 Å². The number of sulfonamides is 1. The highest BCUT2D eigenvalue weighted by Gasteiger charge is 2.30. The molecule has 2 fully saturated rings. The van der Waals surface area contributed by atoms with E-state index in [4.69, 9.17) is 9.47 Å². The first-order valence-corrected chi connectivity index (χ1v) is 17.4. The fraction of sp³-hybridized carbons (Fsp3) is 0.636. The predicted octanol–water partition coefficient (Wildman–Crippen LogP) is 3.06. The quantitative estimate of drug-likeness (QED) is 0.380. The number of piperazine rings is 2. The monoisotopic (exact) mass is 646 g/mol. The van der Waals surface area contributed by atoms with Gasteiger partial charge in [0.25, 0.3) is 0 Å². The zero-order valence-electron chi connectivity index (χ0n) is 27.3. The van der Waals surface area contributed by atoms with E-state index in [9.17, 15) is 23.1 Å². The molecule has 0 unspecified atom stereocenters. The van der Waals surface area contributed by atoms with Gasteiger partial charge in [-0.1, -0.05) is 38.1 Å². The molecule has 250 valence electrons. The number of ether oxygens (including phenoxy) is 2. The summed E-state index contributed by atoms with van der Waals surface area (Å²) in [5, 5.41) is 10.6. The normalized spacial score (nSPS) is 29.7. The molecular weight excluding hydrogens is 596 g/mol. The van der Waals surface area contributed by atoms with Gasteiger partial charge in [-0.15, -0.1) is 0 Å². The number of aliphatic hydroxyl groups is 1. The molecule has 4 rings (SSSR count). The van der Waals surface area contributed by atoms with Crippen LogP contribution in [-0.4, -0.2) is 129 Å². The summed E-state index contributed by atoms with van der Waals surface area (Å²) >= 11 is 0. The van der Waals surface area contributed by atoms with Crippen molar-refractivity contribution in [3.8, 4) is 0 Å². The van der Waals surface area contributed by atoms with Crippen LogP contribution in [0, 0.1) is 11.8 Å². The lowest BCUT2D eigenvalue weighted by Crippen LogP contribution is -2.48. The molecule has 0 radical (unpaired) electrons. The molecular formula is C33H50N4O7S. The molecule has 1 aromatic carbocycles. The number of aliphatic hydroxyl groups excluding tert-OH is 1. The van der Waals surface area contributed by atoms with E-state index in [0.29, 0.717) is 57.7 Å². The third kappa shape index (κ3) is 9.62. The summed E-state index contributed by atoms with van der Waals surface area (Å²) < 4.78 is 40.2. The van der Waals surface area contributed by atoms with Crippen LogP contribution in [-0.2, 0) is 24.3 Å². The van der Waals surface area contributed by atoms with Crippen LogP contribution in [0.4, 0.5) is 4.79 Å². The van der Waals surface area contributed by atoms with Crippen LogP contribution in [0.25, 0.3) is 6.08 Å². The molecule has 2 saturated heterocycles. The molecule has 3 heterocycles. The number of amides is 1. The van der Waals surface area contributed by atoms with Crippen LogP contribution in [0.2, 0.25) is 0 Å². The van der Waals surface area contributed by atoms with Crippen molar-refractivity contribution in [3.63, 3.8) is 0 Å². The van der Waals surface area contributed by atoms with Crippen molar-refractivity contribution in [2.24, 2.45) is 11.8 Å². The van der Waals surface area contributed by atoms with Crippen molar-refractivity contribution in [1.29, 1.82) is 0 Å². The van der Waals surface area contributed by atoms with E-state index in [1.165, 1.54) is 4.31 Å². The lowest BCUT2D eigenvalue weighted by molar-refractivity contribution is -0.151. The van der Waals surface area contributed by atoms with E-state index >= 15 is 0 Å². The largest absolute Gasteiger partial charge is 0.457 e. The molecule has 1 aromatic rings. The summed E-state index contributed by atoms with van der Waals surface area (Å²) in [6.07, 6.45) is 4.00. The van der Waals surface area contributed by atoms with Crippen LogP contribution in [0.1, 0.15) is 45.6 Å². The minimum atomic E-state index is -3.65. The Balaban J connectivity index is 1.56. The van der Waals surface area contributed by atoms with Gasteiger partial charge in [0, 0.05) is 58.3 Å². The first-order chi connectivity index (χ1) is 21.3. The molecule has 5 atom stereocenters. The maximum Gasteiger partial charge on any atom is 0.410 e. The second-order valence-corrected chi connectivity index (χ2v) is 14.8. The van der Waals surface area contributed by atoms with Gasteiger partial charge in [0.2, 0.25) is 10.0 Å². The minimum Gasteiger partial charge on any atom is -0.457 e. The third-order valence-electron chi connectivity index (χ3n) is 9.06. The highest BCUT2D eigenvalue weighted by molar-refractivity contribution is 7.89. The maximum absolute atomic E-state index is 13.4. The number of carbonyl (C=O) groups is 2. The van der Waals surface area contributed by atoms with E-state index in [0.717, 1.165) is 18.7 Å². The number of benzene rings is 1. The van der Waals surface area contributed by atoms with E-state index in [2.05, 4.69) is 9.80 Å². The Morgan fingerprint density at radius 2 is 1.62 bits per heavy atom. The summed E-state index contributed by atoms with van der Waals surface area (Å²) in [5.74, 6) is -0.871. The summed E-state index contributed by atoms with van der Waals surface area (Å²) in [6.45, 7) is 10.8. The van der Waals surface area contributed by atoms with E-state index < -0.39 is 34.3 Å². The number of cyclic esters (lactones) is 1. The maximum atomic E-state index is 13.4. The molecule has 0 aliphatic carbocycles. The van der Waals surface area contributed by atoms with E-state index in [1.807, 2.05) is 59.2 Å². The topological polar surface area (TPSA) is 120 Å². The average molecular weight is 647 g/mol. The van der Waals surface area contributed by atoms with Crippen molar-refractivity contribution in [2.45, 2.75) is 63.2 Å². The summed E-state index contributed by atoms with van der Waals surface area (Å²) in [6, 6.07) is 6.79. The van der Waals surface area contributed by atoms with Gasteiger partial charge < -0.3 is 29.3 Å². The van der Waals surface area contributed by atoms with Crippen molar-refractivity contribution >= 4 is 28.2 Å². The SMILES string of the molecule is C/C(=C\c1cccc(S(=O)(=O)N2CCN(C)CC2)c1)[C@H]1OC(=O)C[C@H](O)CC[C@H](C)[C@@H](OC(=O)N2CCN(C)CC2)/C=C\[C@@H]1C. The van der Waals surface area contributed by atoms with Crippen LogP contribution in [0.5, 0.6) is 0 Å². The Labute approximate surface area is 268 Å². The number of carbonyl (C=O) groups excluding carboxylic acids is 2. The van der Waals surface area contributed by atoms with Gasteiger partial charge in [0.1, 0.15) is 12.2 Å². The van der Waals surface area contributed by atoms with Gasteiger partial charge in [-0.05, 0) is 69.1 Å². The smallest absolute Gasteiger partial charge is 0.410 e. The van der Waals surface area contributed by atoms with Crippen molar-refractivity contribution in [2.75, 3.05) is 66.5 Å². The number of esters is 1. The lowest BCUT2D eigenvalue weighted by Gasteiger charge is -2.33. The van der Waals surface area contributed by atoms with Gasteiger partial charge in [0.05, 0.1) is 17.4 Å². The average Bonchev–Trinajstić information content (AvgIpc) is 3.00. The number of likely N-dealkylation sites (N-methyl/N-ethyl adjacent to an activating group) is 2. The van der Waals surface area contributed by atoms with Crippen LogP contribution < -0.4 is 0 Å². The molecule has 0 saturated carbocycles. The molecule has 0 aromatic heterocycles. The second-order valence-electron chi connectivity index (χ2n) is 12.9. The Morgan fingerprint density at radius 3 is 2.29 bits per heavy atom. The number of nitrogens with zero attached hydrogens (tertiary/aromatic N) is 4. The fourth-order valence-electron chi connectivity index (χ4n) is 5.92. The fourth-order valence-corrected chi connectivity index (χ4v) is 7.39. The van der Waals surface area contributed by atoms with Gasteiger partial charge in [-0.3, -0.25) is 4.79 Å². The zero-order chi connectivity index (χ0) is 32.7. The molecule has 3 aliphatic rings. The molecule has 1 N–H and O–H groups in total. The Bertz CT molecular complexity index is 1330. The number of hydrogen-bond acceptors (Lipinski definition) is 9. The summed E-state index contributed by atoms with van der Waals surface area (Å²) in [7, 11) is 0.358. The molecule has 45 heavy (non-hydrogen) atoms. The van der Waals surface area contributed by atoms with Crippen LogP contribution in [0.3, 0.4) is 0 Å². The highest BCUT2D eigenvalue weighted by atomic mass is 32.2. The van der Waals surface area contributed by atoms with Gasteiger partial charge in [-0.25, -0.2) is 13.2 Å². The van der Waals surface area contributed by atoms with Crippen molar-refractivity contribution in [1.82, 2.24) is 19.0 Å². The van der Waals surface area contributed by atoms with E-state index in [1.54, 1.807) is 23.1 Å². The zero-order valence-corrected chi connectivity index (χ0v) is 28.1. The highest BCUT2D eigenvalue weighted by Crippen LogP contribution is 2.27. The second kappa shape index (κ2) is 15.7. The van der Waals surface area contributed by atoms with Gasteiger partial charge >= 0.3 is 12.1 Å². The molecule has 3 aliphatic heterocycles. The van der Waals surface area contributed by atoms with E-state index in [-0.39, 0.29) is 29.2 Å². The standard InChI is InChI=1S/C33H50N4O7S/c1-24-9-11-28(38)23-31(39)44-32(25(2)10-12-30(24)43-33(40)36-17-13-34(4)14-18-36)26(3)21-27-7-6-8-29(22-27)45(41,42)37-19-15-35(5)16-20-37/h6-8,10,12,21-22,24-25,28,30,32,38H,9,11,13-20,23H2,1-5H3/b12-10-,26-21+/t24-,25-,28+,30-,32-/m0/s1. The molecule has 12 heteroatoms. The van der Waals surface area contributed by atoms with Crippen molar-refractivity contribution < 1.29 is 32.6 Å². The first kappa shape index (κ1) is 35.1. The lowest BCUT2D eigenvalue weighted by atomic mass is 9.91. The summed E-state index contributed by atoms with van der Waals surface area (Å²) in [5.41, 5.74) is 1.40. The minimum absolute atomic E-state index is 0.0740. The van der Waals surface area contributed by atoms with Gasteiger partial charge in [0.15, 0.2) is 0 Å². The number of hydrogen-bond donors (Lipinski definition) is 1. The Kier molecular flexibility index (Phi) is 12.2. The Morgan fingerprint density at radius 1 is 0.978 bits per heavy atom. The van der Waals surface area contributed by atoms with Gasteiger partial charge in [-0.2, -0.15) is 4.31 Å². The molecule has 11 nitrogen and oxygen atoms in total. The number of rotatable bonds is 5. The first-order valence-electron chi connectivity index (χ1n) is 16.0. The third-order valence-corrected chi connectivity index (χ3v) is 11.0. The predicted molar refractivity (Wildman–Crippen MR) is 173 cm³/mol. The molecule has 0 spiro atoms. The van der Waals surface area contributed by atoms with Crippen LogP contribution >= 0.6 is 0 Å².